The molecule has 0 heterocycles. The lowest BCUT2D eigenvalue weighted by atomic mass is 10.1. The molecule has 0 aromatic rings. The minimum atomic E-state index is -6.00. The Bertz CT molecular complexity index is 461. The zero-order chi connectivity index (χ0) is 33.6. The van der Waals surface area contributed by atoms with Crippen LogP contribution in [0.5, 0.6) is 0 Å². The van der Waals surface area contributed by atoms with Gasteiger partial charge in [0.15, 0.2) is 0 Å². The van der Waals surface area contributed by atoms with Crippen molar-refractivity contribution in [1.82, 2.24) is 0 Å². The largest absolute Gasteiger partial charge is 1.00 e. The van der Waals surface area contributed by atoms with E-state index in [0.717, 1.165) is 12.4 Å². The van der Waals surface area contributed by atoms with Crippen LogP contribution in [0.15, 0.2) is 0 Å². The van der Waals surface area contributed by atoms with Crippen LogP contribution in [0.3, 0.4) is 0 Å². The van der Waals surface area contributed by atoms with Gasteiger partial charge >= 0.3 is 8.68 Å². The smallest absolute Gasteiger partial charge is 1.00 e. The molecule has 0 aliphatic rings. The van der Waals surface area contributed by atoms with Gasteiger partial charge in [-0.05, 0) is 70.6 Å². The molecule has 0 aliphatic heterocycles. The van der Waals surface area contributed by atoms with Crippen LogP contribution in [0.2, 0.25) is 0 Å². The fraction of sp³-hybridized carbons (Fsp3) is 1.00. The number of quaternary nitrogens is 2. The van der Waals surface area contributed by atoms with Crippen molar-refractivity contribution in [2.45, 2.75) is 195 Å². The minimum Gasteiger partial charge on any atom is -1.00 e. The van der Waals surface area contributed by atoms with Gasteiger partial charge in [-0.15, -0.1) is 11.6 Å². The Morgan fingerprint density at radius 1 is 0.426 bits per heavy atom. The van der Waals surface area contributed by atoms with Gasteiger partial charge in [0.2, 0.25) is 0 Å². The number of unbranched alkanes of at least 4 members (excludes halogenated alkanes) is 21. The third kappa shape index (κ3) is 59.4. The van der Waals surface area contributed by atoms with Gasteiger partial charge in [0.05, 0.1) is 32.7 Å². The van der Waals surface area contributed by atoms with E-state index in [1.165, 1.54) is 198 Å². The second-order valence-electron chi connectivity index (χ2n) is 13.1. The number of halogens is 8. The number of nitrogens with zero attached hydrogens (tertiary/aromatic N) is 1. The first-order chi connectivity index (χ1) is 21.2. The molecule has 294 valence electrons. The molecule has 0 aromatic heterocycles. The third-order valence-corrected chi connectivity index (χ3v) is 8.84. The summed E-state index contributed by atoms with van der Waals surface area (Å²) in [5.74, 6) is 0.838. The van der Waals surface area contributed by atoms with Crippen molar-refractivity contribution in [2.75, 3.05) is 38.6 Å². The highest BCUT2D eigenvalue weighted by Crippen LogP contribution is 2.19. The normalized spacial score (nSPS) is 10.9. The predicted molar refractivity (Wildman–Crippen MR) is 192 cm³/mol. The molecule has 0 aromatic carbocycles. The summed E-state index contributed by atoms with van der Waals surface area (Å²) >= 11 is 5.61. The van der Waals surface area contributed by atoms with Gasteiger partial charge in [0, 0.05) is 5.88 Å². The van der Waals surface area contributed by atoms with Gasteiger partial charge < -0.3 is 64.7 Å². The van der Waals surface area contributed by atoms with Crippen molar-refractivity contribution < 1.29 is 66.1 Å². The highest BCUT2D eigenvalue weighted by Gasteiger charge is 2.25. The fourth-order valence-corrected chi connectivity index (χ4v) is 6.04. The van der Waals surface area contributed by atoms with E-state index in [0.29, 0.717) is 0 Å². The molecule has 3 N–H and O–H groups in total. The standard InChI is InChI=1S/C24H52N.C12H26ClN.BF4.3ClH/c1-5-9-13-17-21-25(22-18-14-10-6-2,23-19-15-11-7-3)24-20-16-12-8-4;13-11-9-7-5-3-1-2-4-6-8-10-12-14;2-1(3,4)5;;;/h5-24H2,1-4H3;1-12,14H2;;3*1H/q+1;;-1;;;/p-1. The van der Waals surface area contributed by atoms with Crippen molar-refractivity contribution >= 4 is 18.9 Å². The Labute approximate surface area is 317 Å². The Morgan fingerprint density at radius 3 is 0.851 bits per heavy atom. The van der Waals surface area contributed by atoms with Crippen LogP contribution < -0.4 is 43.0 Å². The maximum absolute atomic E-state index is 9.75. The maximum atomic E-state index is 9.75. The average molecular weight is 770 g/mol. The Balaban J connectivity index is -0.000000125. The molecule has 0 saturated heterocycles. The van der Waals surface area contributed by atoms with Crippen LogP contribution in [-0.2, 0) is 0 Å². The number of alkyl halides is 1. The zero-order valence-corrected chi connectivity index (χ0v) is 34.4. The molecule has 0 saturated carbocycles. The van der Waals surface area contributed by atoms with Gasteiger partial charge in [-0.3, -0.25) is 0 Å². The predicted octanol–water partition coefficient (Wildman–Crippen LogP) is 3.92. The first-order valence-corrected chi connectivity index (χ1v) is 19.8. The Hall–Kier alpha value is 0.865. The van der Waals surface area contributed by atoms with E-state index in [4.69, 9.17) is 11.6 Å². The van der Waals surface area contributed by atoms with Gasteiger partial charge in [-0.2, -0.15) is 0 Å². The minimum absolute atomic E-state index is 0. The first kappa shape index (κ1) is 60.0. The van der Waals surface area contributed by atoms with E-state index >= 15 is 0 Å². The van der Waals surface area contributed by atoms with E-state index in [1.807, 2.05) is 0 Å². The summed E-state index contributed by atoms with van der Waals surface area (Å²) in [6, 6.07) is 0. The lowest BCUT2D eigenvalue weighted by Crippen LogP contribution is -3.00. The lowest BCUT2D eigenvalue weighted by Gasteiger charge is -2.39. The summed E-state index contributed by atoms with van der Waals surface area (Å²) < 4.78 is 40.5. The monoisotopic (exact) mass is 768 g/mol. The van der Waals surface area contributed by atoms with Crippen LogP contribution in [-0.4, -0.2) is 50.3 Å². The van der Waals surface area contributed by atoms with Crippen LogP contribution in [0.1, 0.15) is 196 Å². The molecule has 0 aliphatic carbocycles. The Kier molecular flexibility index (Phi) is 62.5. The van der Waals surface area contributed by atoms with Crippen LogP contribution in [0.4, 0.5) is 17.3 Å². The molecule has 2 nitrogen and oxygen atoms in total. The Morgan fingerprint density at radius 2 is 0.638 bits per heavy atom. The molecular weight excluding hydrogens is 689 g/mol. The van der Waals surface area contributed by atoms with Gasteiger partial charge in [-0.25, -0.2) is 0 Å². The highest BCUT2D eigenvalue weighted by atomic mass is 35.5. The molecule has 0 radical (unpaired) electrons. The molecule has 0 atom stereocenters. The van der Waals surface area contributed by atoms with Crippen molar-refractivity contribution in [3.63, 3.8) is 0 Å². The summed E-state index contributed by atoms with van der Waals surface area (Å²) in [5.41, 5.74) is 3.85. The zero-order valence-electron chi connectivity index (χ0n) is 32.4. The summed E-state index contributed by atoms with van der Waals surface area (Å²) in [5, 5.41) is 0. The van der Waals surface area contributed by atoms with E-state index in [9.17, 15) is 17.3 Å². The quantitative estimate of drug-likeness (QED) is 0.0365. The van der Waals surface area contributed by atoms with Gasteiger partial charge in [0.1, 0.15) is 0 Å². The molecular formula is C36H80BCl4F4N2-. The number of hydrogen-bond acceptors (Lipinski definition) is 0. The van der Waals surface area contributed by atoms with Crippen molar-refractivity contribution in [2.24, 2.45) is 0 Å². The van der Waals surface area contributed by atoms with E-state index < -0.39 is 7.25 Å². The maximum Gasteiger partial charge on any atom is 1.00 e. The molecule has 47 heavy (non-hydrogen) atoms. The molecule has 0 rings (SSSR count). The van der Waals surface area contributed by atoms with Crippen LogP contribution in [0.25, 0.3) is 0 Å². The van der Waals surface area contributed by atoms with Crippen LogP contribution in [0, 0.1) is 0 Å². The number of rotatable bonds is 31. The fourth-order valence-electron chi connectivity index (χ4n) is 5.85. The second-order valence-corrected chi connectivity index (χ2v) is 13.4. The van der Waals surface area contributed by atoms with E-state index in [1.54, 1.807) is 0 Å². The molecule has 11 heteroatoms. The summed E-state index contributed by atoms with van der Waals surface area (Å²) in [6.07, 6.45) is 36.6. The van der Waals surface area contributed by atoms with Crippen molar-refractivity contribution in [1.29, 1.82) is 0 Å². The lowest BCUT2D eigenvalue weighted by molar-refractivity contribution is -0.929. The van der Waals surface area contributed by atoms with Crippen molar-refractivity contribution in [3.8, 4) is 0 Å². The van der Waals surface area contributed by atoms with Gasteiger partial charge in [-0.1, -0.05) is 124 Å². The van der Waals surface area contributed by atoms with Crippen LogP contribution >= 0.6 is 11.6 Å². The van der Waals surface area contributed by atoms with Gasteiger partial charge in [0.25, 0.3) is 0 Å². The number of hydrogen-bond donors (Lipinski definition) is 1. The first-order valence-electron chi connectivity index (χ1n) is 19.2. The SMILES string of the molecule is CCCCCC[N+](CCCCCC)(CCCCCC)CCCCCC.F[B-](F)(F)F.[Cl-].[Cl-].[Cl-].[H+].[NH3+]CCCCCCCCCCCCCl. The summed E-state index contributed by atoms with van der Waals surface area (Å²) in [7, 11) is -6.00. The topological polar surface area (TPSA) is 27.6 Å². The highest BCUT2D eigenvalue weighted by molar-refractivity contribution is 6.50. The molecule has 0 amide bonds. The third-order valence-electron chi connectivity index (χ3n) is 8.58. The molecule has 0 unspecified atom stereocenters. The van der Waals surface area contributed by atoms with Crippen molar-refractivity contribution in [3.05, 3.63) is 0 Å². The summed E-state index contributed by atoms with van der Waals surface area (Å²) in [4.78, 5) is 0. The molecule has 0 spiro atoms. The summed E-state index contributed by atoms with van der Waals surface area (Å²) in [6.45, 7) is 16.3. The average Bonchev–Trinajstić information content (AvgIpc) is 2.98. The molecule has 0 fully saturated rings. The second kappa shape index (κ2) is 49.0. The molecule has 0 bridgehead atoms. The van der Waals surface area contributed by atoms with E-state index in [-0.39, 0.29) is 38.6 Å². The van der Waals surface area contributed by atoms with E-state index in [2.05, 4.69) is 33.4 Å².